The predicted octanol–water partition coefficient (Wildman–Crippen LogP) is 5.31. The van der Waals surface area contributed by atoms with E-state index in [2.05, 4.69) is 50.1 Å². The number of allylic oxidation sites excluding steroid dienone is 6. The quantitative estimate of drug-likeness (QED) is 0.382. The van der Waals surface area contributed by atoms with Gasteiger partial charge in [-0.25, -0.2) is 0 Å². The monoisotopic (exact) mass is 490 g/mol. The van der Waals surface area contributed by atoms with E-state index in [0.717, 1.165) is 27.3 Å². The molecule has 0 aliphatic carbocycles. The van der Waals surface area contributed by atoms with E-state index in [1.54, 1.807) is 6.08 Å². The van der Waals surface area contributed by atoms with Crippen LogP contribution in [0.25, 0.3) is 11.0 Å². The zero-order valence-electron chi connectivity index (χ0n) is 19.4. The van der Waals surface area contributed by atoms with Crippen molar-refractivity contribution in [1.82, 2.24) is 9.78 Å². The lowest BCUT2D eigenvalue weighted by molar-refractivity contribution is 0.242. The molecule has 3 atom stereocenters. The van der Waals surface area contributed by atoms with Crippen LogP contribution in [0.1, 0.15) is 45.6 Å². The van der Waals surface area contributed by atoms with Crippen molar-refractivity contribution in [1.29, 1.82) is 0 Å². The van der Waals surface area contributed by atoms with Gasteiger partial charge in [0.25, 0.3) is 5.29 Å². The first-order chi connectivity index (χ1) is 15.1. The van der Waals surface area contributed by atoms with Crippen LogP contribution in [-0.2, 0) is 12.8 Å². The van der Waals surface area contributed by atoms with Gasteiger partial charge < -0.3 is 9.84 Å². The van der Waals surface area contributed by atoms with Gasteiger partial charge in [0.05, 0.1) is 18.4 Å². The highest BCUT2D eigenvalue weighted by atomic mass is 31.1. The van der Waals surface area contributed by atoms with Crippen LogP contribution in [0.4, 0.5) is 0 Å². The van der Waals surface area contributed by atoms with Gasteiger partial charge in [-0.15, -0.1) is 18.5 Å². The molecule has 0 amide bonds. The molecule has 3 unspecified atom stereocenters. The van der Waals surface area contributed by atoms with Crippen LogP contribution in [-0.4, -0.2) is 21.0 Å². The van der Waals surface area contributed by atoms with Crippen LogP contribution in [0, 0.1) is 0 Å². The third-order valence-electron chi connectivity index (χ3n) is 4.90. The van der Waals surface area contributed by atoms with E-state index in [0.29, 0.717) is 23.0 Å². The summed E-state index contributed by atoms with van der Waals surface area (Å²) in [5.41, 5.74) is 4.40. The topological polar surface area (TPSA) is 64.3 Å². The summed E-state index contributed by atoms with van der Waals surface area (Å²) in [6.45, 7) is 13.5. The molecule has 2 aromatic rings. The average Bonchev–Trinajstić information content (AvgIpc) is 3.07. The molecule has 8 heteroatoms. The minimum Gasteiger partial charge on any atom is -0.490 e. The van der Waals surface area contributed by atoms with Crippen molar-refractivity contribution in [3.05, 3.63) is 75.2 Å². The first-order valence-corrected chi connectivity index (χ1v) is 13.2. The Bertz CT molecular complexity index is 1140. The molecule has 1 N–H and O–H groups in total. The summed E-state index contributed by atoms with van der Waals surface area (Å²) in [4.78, 5) is 13.0. The van der Waals surface area contributed by atoms with Gasteiger partial charge >= 0.3 is 0 Å². The van der Waals surface area contributed by atoms with Crippen molar-refractivity contribution in [2.24, 2.45) is 0 Å². The largest absolute Gasteiger partial charge is 0.490 e. The van der Waals surface area contributed by atoms with Crippen molar-refractivity contribution in [3.63, 3.8) is 0 Å². The molecule has 1 aromatic heterocycles. The van der Waals surface area contributed by atoms with Gasteiger partial charge in [0.2, 0.25) is 0 Å². The van der Waals surface area contributed by atoms with Gasteiger partial charge in [-0.2, -0.15) is 9.78 Å². The standard InChI is InChI=1S/C24H33N2O3P3/c1-7-9-10-16(5)17(6)11-21(30)18-12-22(31)19(13-20(18)29-15(3)4)26-24(28)32(8-2)23(14-27)25-26/h7,9-13,15,27H,1,8,14,30-31H2,2-6H3/b10-9-,17-16+,21-11-. The second kappa shape index (κ2) is 11.9. The number of rotatable bonds is 9. The Morgan fingerprint density at radius 2 is 2.03 bits per heavy atom. The Morgan fingerprint density at radius 3 is 2.56 bits per heavy atom. The number of aromatic nitrogens is 2. The highest BCUT2D eigenvalue weighted by Gasteiger charge is 2.19. The van der Waals surface area contributed by atoms with Gasteiger partial charge in [-0.1, -0.05) is 37.8 Å². The summed E-state index contributed by atoms with van der Waals surface area (Å²) in [5.74, 6) is 0.677. The maximum atomic E-state index is 13.0. The van der Waals surface area contributed by atoms with E-state index in [1.807, 2.05) is 45.1 Å². The molecule has 0 spiro atoms. The predicted molar refractivity (Wildman–Crippen MR) is 145 cm³/mol. The van der Waals surface area contributed by atoms with E-state index >= 15 is 0 Å². The fourth-order valence-electron chi connectivity index (χ4n) is 3.14. The van der Waals surface area contributed by atoms with Gasteiger partial charge in [0.1, 0.15) is 11.2 Å². The molecular formula is C24H33N2O3P3. The van der Waals surface area contributed by atoms with Crippen molar-refractivity contribution in [3.8, 4) is 11.4 Å². The summed E-state index contributed by atoms with van der Waals surface area (Å²) in [6.07, 6.45) is 8.41. The lowest BCUT2D eigenvalue weighted by Gasteiger charge is -2.18. The van der Waals surface area contributed by atoms with Crippen molar-refractivity contribution in [2.45, 2.75) is 53.5 Å². The third-order valence-corrected chi connectivity index (χ3v) is 7.98. The van der Waals surface area contributed by atoms with E-state index in [-0.39, 0.29) is 18.0 Å². The van der Waals surface area contributed by atoms with Gasteiger partial charge in [-0.3, -0.25) is 4.79 Å². The number of hydrogen-bond donors (Lipinski definition) is 1. The Kier molecular flexibility index (Phi) is 9.86. The van der Waals surface area contributed by atoms with Crippen molar-refractivity contribution >= 4 is 36.6 Å². The Hall–Kier alpha value is -1.76. The highest BCUT2D eigenvalue weighted by molar-refractivity contribution is 7.48. The summed E-state index contributed by atoms with van der Waals surface area (Å²) >= 11 is 0. The Morgan fingerprint density at radius 1 is 1.34 bits per heavy atom. The number of aliphatic hydroxyl groups excluding tert-OH is 1. The Labute approximate surface area is 196 Å². The van der Waals surface area contributed by atoms with E-state index < -0.39 is 7.53 Å². The van der Waals surface area contributed by atoms with Crippen LogP contribution in [0.2, 0.25) is 0 Å². The molecule has 172 valence electrons. The minimum absolute atomic E-state index is 0.0396. The number of benzene rings is 1. The molecular weight excluding hydrogens is 457 g/mol. The maximum Gasteiger partial charge on any atom is 0.290 e. The van der Waals surface area contributed by atoms with Crippen LogP contribution in [0.15, 0.2) is 59.0 Å². The fraction of sp³-hybridized carbons (Fsp3) is 0.333. The van der Waals surface area contributed by atoms with E-state index in [4.69, 9.17) is 4.74 Å². The van der Waals surface area contributed by atoms with Crippen LogP contribution in [0.5, 0.6) is 5.75 Å². The third kappa shape index (κ3) is 6.18. The second-order valence-electron chi connectivity index (χ2n) is 7.65. The SMILES string of the molecule is C=C\C=C/C(C)=C(C)/C=C(\P)c1cc(P)c(-n2nc(CO)p(CC)c2=O)cc1OC(C)C. The van der Waals surface area contributed by atoms with Crippen molar-refractivity contribution in [2.75, 3.05) is 0 Å². The number of aliphatic hydroxyl groups is 1. The molecule has 0 saturated carbocycles. The van der Waals surface area contributed by atoms with Gasteiger partial charge in [0.15, 0.2) is 0 Å². The number of nitrogens with zero attached hydrogens (tertiary/aromatic N) is 2. The lowest BCUT2D eigenvalue weighted by Crippen LogP contribution is -2.19. The summed E-state index contributed by atoms with van der Waals surface area (Å²) in [6, 6.07) is 3.86. The number of hydrogen-bond acceptors (Lipinski definition) is 4. The fourth-order valence-corrected chi connectivity index (χ4v) is 5.60. The second-order valence-corrected chi connectivity index (χ2v) is 11.3. The molecule has 2 rings (SSSR count). The normalized spacial score (nSPS) is 13.7. The zero-order valence-corrected chi connectivity index (χ0v) is 22.6. The minimum atomic E-state index is -1.11. The van der Waals surface area contributed by atoms with Crippen LogP contribution >= 0.6 is 26.0 Å². The average molecular weight is 490 g/mol. The summed E-state index contributed by atoms with van der Waals surface area (Å²) in [7, 11) is 4.38. The van der Waals surface area contributed by atoms with Gasteiger partial charge in [-0.05, 0) is 69.2 Å². The smallest absolute Gasteiger partial charge is 0.290 e. The first-order valence-electron chi connectivity index (χ1n) is 10.5. The zero-order chi connectivity index (χ0) is 24.0. The number of ether oxygens (including phenoxy) is 1. The summed E-state index contributed by atoms with van der Waals surface area (Å²) < 4.78 is 7.55. The van der Waals surface area contributed by atoms with E-state index in [1.165, 1.54) is 4.68 Å². The molecule has 0 fully saturated rings. The molecule has 0 radical (unpaired) electrons. The molecule has 0 aliphatic heterocycles. The Balaban J connectivity index is 2.68. The molecule has 1 heterocycles. The summed E-state index contributed by atoms with van der Waals surface area (Å²) in [5, 5.41) is 15.8. The molecule has 1 aromatic carbocycles. The highest BCUT2D eigenvalue weighted by Crippen LogP contribution is 2.35. The van der Waals surface area contributed by atoms with Gasteiger partial charge in [0, 0.05) is 11.6 Å². The first kappa shape index (κ1) is 26.5. The van der Waals surface area contributed by atoms with E-state index in [9.17, 15) is 9.90 Å². The lowest BCUT2D eigenvalue weighted by atomic mass is 10.1. The van der Waals surface area contributed by atoms with Crippen LogP contribution in [0.3, 0.4) is 0 Å². The maximum absolute atomic E-state index is 13.0. The molecule has 0 aliphatic rings. The van der Waals surface area contributed by atoms with Crippen LogP contribution < -0.4 is 15.3 Å². The molecule has 5 nitrogen and oxygen atoms in total. The molecule has 0 bridgehead atoms. The molecule has 0 saturated heterocycles. The van der Waals surface area contributed by atoms with Crippen molar-refractivity contribution < 1.29 is 9.84 Å². The molecule has 32 heavy (non-hydrogen) atoms.